The highest BCUT2D eigenvalue weighted by Gasteiger charge is 1.99. The summed E-state index contributed by atoms with van der Waals surface area (Å²) in [7, 11) is 0. The molecule has 1 aromatic heterocycles. The fraction of sp³-hybridized carbons (Fsp3) is 0.100. The smallest absolute Gasteiger partial charge is 0.350 e. The Morgan fingerprint density at radius 2 is 2.00 bits per heavy atom. The SMILES string of the molecule is Nc1nc(NCc2ccccc2)nc(=O)[nH]1. The third kappa shape index (κ3) is 2.57. The van der Waals surface area contributed by atoms with Crippen molar-refractivity contribution in [3.05, 3.63) is 46.4 Å². The van der Waals surface area contributed by atoms with E-state index in [4.69, 9.17) is 5.73 Å². The Hall–Kier alpha value is -2.37. The van der Waals surface area contributed by atoms with Crippen molar-refractivity contribution in [2.75, 3.05) is 11.1 Å². The van der Waals surface area contributed by atoms with Gasteiger partial charge in [-0.3, -0.25) is 4.98 Å². The number of hydrogen-bond donors (Lipinski definition) is 3. The number of anilines is 2. The number of rotatable bonds is 3. The van der Waals surface area contributed by atoms with Crippen LogP contribution in [-0.4, -0.2) is 15.0 Å². The minimum Gasteiger partial charge on any atom is -0.369 e. The molecule has 2 aromatic rings. The fourth-order valence-electron chi connectivity index (χ4n) is 1.26. The summed E-state index contributed by atoms with van der Waals surface area (Å²) in [5.74, 6) is 0.278. The average Bonchev–Trinajstić information content (AvgIpc) is 2.27. The number of nitrogen functional groups attached to an aromatic ring is 1. The molecule has 0 bridgehead atoms. The number of H-pyrrole nitrogens is 1. The molecule has 0 atom stereocenters. The highest BCUT2D eigenvalue weighted by atomic mass is 16.1. The van der Waals surface area contributed by atoms with Gasteiger partial charge in [-0.15, -0.1) is 0 Å². The molecule has 0 saturated carbocycles. The largest absolute Gasteiger partial charge is 0.369 e. The van der Waals surface area contributed by atoms with Crippen LogP contribution in [0, 0.1) is 0 Å². The molecule has 0 fully saturated rings. The number of nitrogens with one attached hydrogen (secondary N) is 2. The minimum atomic E-state index is -0.511. The van der Waals surface area contributed by atoms with E-state index < -0.39 is 5.69 Å². The second-order valence-electron chi connectivity index (χ2n) is 3.20. The second-order valence-corrected chi connectivity index (χ2v) is 3.20. The summed E-state index contributed by atoms with van der Waals surface area (Å²) in [4.78, 5) is 20.7. The van der Waals surface area contributed by atoms with Crippen LogP contribution < -0.4 is 16.7 Å². The van der Waals surface area contributed by atoms with Crippen LogP contribution in [0.2, 0.25) is 0 Å². The molecule has 1 heterocycles. The van der Waals surface area contributed by atoms with E-state index in [2.05, 4.69) is 20.3 Å². The molecule has 6 nitrogen and oxygen atoms in total. The standard InChI is InChI=1S/C10H11N5O/c11-8-13-9(15-10(16)14-8)12-6-7-4-2-1-3-5-7/h1-5H,6H2,(H4,11,12,13,14,15,16). The van der Waals surface area contributed by atoms with Gasteiger partial charge in [0.1, 0.15) is 0 Å². The van der Waals surface area contributed by atoms with Crippen LogP contribution in [0.25, 0.3) is 0 Å². The van der Waals surface area contributed by atoms with Crippen molar-refractivity contribution in [2.45, 2.75) is 6.54 Å². The number of aromatic nitrogens is 3. The molecule has 0 radical (unpaired) electrons. The Bertz CT molecular complexity index is 522. The third-order valence-corrected chi connectivity index (χ3v) is 1.96. The highest BCUT2D eigenvalue weighted by molar-refractivity contribution is 5.30. The average molecular weight is 217 g/mol. The van der Waals surface area contributed by atoms with E-state index in [0.29, 0.717) is 6.54 Å². The lowest BCUT2D eigenvalue weighted by Crippen LogP contribution is -2.17. The van der Waals surface area contributed by atoms with Gasteiger partial charge in [-0.2, -0.15) is 9.97 Å². The van der Waals surface area contributed by atoms with Gasteiger partial charge in [-0.25, -0.2) is 4.79 Å². The van der Waals surface area contributed by atoms with Crippen LogP contribution in [0.5, 0.6) is 0 Å². The molecule has 0 aliphatic heterocycles. The van der Waals surface area contributed by atoms with E-state index in [1.165, 1.54) is 0 Å². The third-order valence-electron chi connectivity index (χ3n) is 1.96. The minimum absolute atomic E-state index is 0.0514. The summed E-state index contributed by atoms with van der Waals surface area (Å²) >= 11 is 0. The van der Waals surface area contributed by atoms with Crippen LogP contribution in [0.3, 0.4) is 0 Å². The van der Waals surface area contributed by atoms with Crippen molar-refractivity contribution < 1.29 is 0 Å². The first-order valence-corrected chi connectivity index (χ1v) is 4.76. The van der Waals surface area contributed by atoms with Gasteiger partial charge in [0.25, 0.3) is 0 Å². The van der Waals surface area contributed by atoms with E-state index in [1.54, 1.807) is 0 Å². The maximum absolute atomic E-state index is 11.0. The summed E-state index contributed by atoms with van der Waals surface area (Å²) in [6.45, 7) is 0.545. The molecule has 0 spiro atoms. The lowest BCUT2D eigenvalue weighted by Gasteiger charge is -2.04. The molecular weight excluding hydrogens is 206 g/mol. The molecule has 6 heteroatoms. The summed E-state index contributed by atoms with van der Waals surface area (Å²) in [5.41, 5.74) is 5.94. The van der Waals surface area contributed by atoms with Gasteiger partial charge in [-0.05, 0) is 5.56 Å². The van der Waals surface area contributed by atoms with Gasteiger partial charge in [-0.1, -0.05) is 30.3 Å². The Morgan fingerprint density at radius 1 is 1.25 bits per heavy atom. The first kappa shape index (κ1) is 10.2. The molecular formula is C10H11N5O. The van der Waals surface area contributed by atoms with Crippen LogP contribution in [0.15, 0.2) is 35.1 Å². The molecule has 82 valence electrons. The number of benzene rings is 1. The molecule has 1 aromatic carbocycles. The summed E-state index contributed by atoms with van der Waals surface area (Å²) < 4.78 is 0. The van der Waals surface area contributed by atoms with Gasteiger partial charge in [0.05, 0.1) is 0 Å². The summed E-state index contributed by atoms with van der Waals surface area (Å²) in [6, 6.07) is 9.73. The van der Waals surface area contributed by atoms with Gasteiger partial charge in [0.15, 0.2) is 0 Å². The van der Waals surface area contributed by atoms with Crippen LogP contribution >= 0.6 is 0 Å². The van der Waals surface area contributed by atoms with E-state index in [1.807, 2.05) is 30.3 Å². The quantitative estimate of drug-likeness (QED) is 0.689. The molecule has 0 aliphatic carbocycles. The molecule has 0 amide bonds. The normalized spacial score (nSPS) is 10.0. The predicted molar refractivity (Wildman–Crippen MR) is 60.8 cm³/mol. The summed E-state index contributed by atoms with van der Waals surface area (Å²) in [5, 5.41) is 2.92. The highest BCUT2D eigenvalue weighted by Crippen LogP contribution is 2.02. The van der Waals surface area contributed by atoms with Gasteiger partial charge < -0.3 is 11.1 Å². The van der Waals surface area contributed by atoms with Crippen LogP contribution in [0.1, 0.15) is 5.56 Å². The van der Waals surface area contributed by atoms with Crippen molar-refractivity contribution in [1.82, 2.24) is 15.0 Å². The second kappa shape index (κ2) is 4.43. The lowest BCUT2D eigenvalue weighted by molar-refractivity contribution is 0.971. The number of nitrogens with two attached hydrogens (primary N) is 1. The van der Waals surface area contributed by atoms with Crippen molar-refractivity contribution in [2.24, 2.45) is 0 Å². The monoisotopic (exact) mass is 217 g/mol. The maximum Gasteiger partial charge on any atom is 0.350 e. The molecule has 16 heavy (non-hydrogen) atoms. The Kier molecular flexibility index (Phi) is 2.81. The van der Waals surface area contributed by atoms with E-state index >= 15 is 0 Å². The van der Waals surface area contributed by atoms with Crippen molar-refractivity contribution >= 4 is 11.9 Å². The maximum atomic E-state index is 11.0. The Morgan fingerprint density at radius 3 is 2.69 bits per heavy atom. The van der Waals surface area contributed by atoms with Crippen molar-refractivity contribution in [1.29, 1.82) is 0 Å². The van der Waals surface area contributed by atoms with E-state index in [-0.39, 0.29) is 11.9 Å². The van der Waals surface area contributed by atoms with Crippen LogP contribution in [0.4, 0.5) is 11.9 Å². The van der Waals surface area contributed by atoms with Crippen LogP contribution in [-0.2, 0) is 6.54 Å². The molecule has 0 saturated heterocycles. The van der Waals surface area contributed by atoms with Crippen molar-refractivity contribution in [3.63, 3.8) is 0 Å². The molecule has 2 rings (SSSR count). The number of nitrogens with zero attached hydrogens (tertiary/aromatic N) is 2. The first-order valence-electron chi connectivity index (χ1n) is 4.76. The number of aromatic amines is 1. The lowest BCUT2D eigenvalue weighted by atomic mass is 10.2. The Labute approximate surface area is 91.6 Å². The van der Waals surface area contributed by atoms with Crippen molar-refractivity contribution in [3.8, 4) is 0 Å². The van der Waals surface area contributed by atoms with E-state index in [0.717, 1.165) is 5.56 Å². The Balaban J connectivity index is 2.08. The zero-order valence-electron chi connectivity index (χ0n) is 8.47. The van der Waals surface area contributed by atoms with E-state index in [9.17, 15) is 4.79 Å². The zero-order valence-corrected chi connectivity index (χ0v) is 8.47. The first-order chi connectivity index (χ1) is 7.74. The van der Waals surface area contributed by atoms with Gasteiger partial charge in [0.2, 0.25) is 11.9 Å². The number of hydrogen-bond acceptors (Lipinski definition) is 5. The van der Waals surface area contributed by atoms with Gasteiger partial charge >= 0.3 is 5.69 Å². The topological polar surface area (TPSA) is 96.7 Å². The molecule has 0 aliphatic rings. The zero-order chi connectivity index (χ0) is 11.4. The van der Waals surface area contributed by atoms with Gasteiger partial charge in [0, 0.05) is 6.54 Å². The molecule has 4 N–H and O–H groups in total. The fourth-order valence-corrected chi connectivity index (χ4v) is 1.26. The summed E-state index contributed by atoms with van der Waals surface area (Å²) in [6.07, 6.45) is 0. The molecule has 0 unspecified atom stereocenters. The predicted octanol–water partition coefficient (Wildman–Crippen LogP) is 0.359.